The van der Waals surface area contributed by atoms with Crippen molar-refractivity contribution in [3.05, 3.63) is 0 Å². The summed E-state index contributed by atoms with van der Waals surface area (Å²) in [5.74, 6) is 8.86. The molecule has 4 fully saturated rings. The van der Waals surface area contributed by atoms with Crippen LogP contribution in [0.1, 0.15) is 133 Å². The average Bonchev–Trinajstić information content (AvgIpc) is 3.08. The second kappa shape index (κ2) is 10.1. The van der Waals surface area contributed by atoms with E-state index in [0.29, 0.717) is 10.8 Å². The second-order valence-electron chi connectivity index (χ2n) is 13.5. The van der Waals surface area contributed by atoms with E-state index in [-0.39, 0.29) is 0 Å². The first-order chi connectivity index (χ1) is 14.7. The van der Waals surface area contributed by atoms with Crippen LogP contribution in [0, 0.1) is 64.1 Å². The van der Waals surface area contributed by atoms with Crippen LogP contribution in [0.4, 0.5) is 0 Å². The Labute approximate surface area is 197 Å². The van der Waals surface area contributed by atoms with E-state index in [1.807, 2.05) is 13.8 Å². The van der Waals surface area contributed by atoms with Crippen LogP contribution >= 0.6 is 0 Å². The van der Waals surface area contributed by atoms with Crippen molar-refractivity contribution in [2.24, 2.45) is 64.1 Å². The largest absolute Gasteiger partial charge is 0.0683 e. The molecule has 0 aromatic rings. The summed E-state index contributed by atoms with van der Waals surface area (Å²) in [6.45, 7) is 22.2. The van der Waals surface area contributed by atoms with E-state index in [9.17, 15) is 0 Å². The molecule has 10 unspecified atom stereocenters. The summed E-state index contributed by atoms with van der Waals surface area (Å²) in [6, 6.07) is 0. The molecular weight excluding hydrogens is 372 g/mol. The smallest absolute Gasteiger partial charge is 0.0264 e. The topological polar surface area (TPSA) is 0 Å². The van der Waals surface area contributed by atoms with E-state index in [1.165, 1.54) is 44.9 Å². The maximum atomic E-state index is 2.75. The fourth-order valence-electron chi connectivity index (χ4n) is 9.78. The highest BCUT2D eigenvalue weighted by Gasteiger charge is 2.62. The lowest BCUT2D eigenvalue weighted by Crippen LogP contribution is -2.58. The molecule has 0 spiro atoms. The van der Waals surface area contributed by atoms with Gasteiger partial charge >= 0.3 is 0 Å². The Morgan fingerprint density at radius 1 is 0.742 bits per heavy atom. The van der Waals surface area contributed by atoms with Crippen LogP contribution in [-0.4, -0.2) is 0 Å². The third-order valence-electron chi connectivity index (χ3n) is 11.7. The summed E-state index contributed by atoms with van der Waals surface area (Å²) in [5.41, 5.74) is 1.32. The van der Waals surface area contributed by atoms with Gasteiger partial charge in [0.1, 0.15) is 0 Å². The van der Waals surface area contributed by atoms with E-state index in [1.54, 1.807) is 25.7 Å². The van der Waals surface area contributed by atoms with Crippen LogP contribution < -0.4 is 0 Å². The van der Waals surface area contributed by atoms with Gasteiger partial charge in [-0.1, -0.05) is 88.0 Å². The molecule has 0 nitrogen and oxygen atoms in total. The first-order valence-corrected chi connectivity index (χ1v) is 14.7. The van der Waals surface area contributed by atoms with Gasteiger partial charge in [-0.15, -0.1) is 0 Å². The molecule has 0 heteroatoms. The SMILES string of the molecule is CC.CC(C)CCCCC1CCC2C3C(C)C(C)C4CC(C)CCC4(C)C3CCC12C. The molecule has 4 aliphatic carbocycles. The van der Waals surface area contributed by atoms with Gasteiger partial charge in [-0.3, -0.25) is 0 Å². The molecule has 182 valence electrons. The van der Waals surface area contributed by atoms with E-state index in [0.717, 1.165) is 53.3 Å². The fourth-order valence-corrected chi connectivity index (χ4v) is 9.78. The van der Waals surface area contributed by atoms with Gasteiger partial charge < -0.3 is 0 Å². The highest BCUT2D eigenvalue weighted by Crippen LogP contribution is 2.70. The van der Waals surface area contributed by atoms with E-state index in [2.05, 4.69) is 48.5 Å². The summed E-state index contributed by atoms with van der Waals surface area (Å²) in [4.78, 5) is 0. The number of hydrogen-bond acceptors (Lipinski definition) is 0. The molecule has 0 saturated heterocycles. The highest BCUT2D eigenvalue weighted by atomic mass is 14.7. The van der Waals surface area contributed by atoms with Crippen LogP contribution in [0.5, 0.6) is 0 Å². The Hall–Kier alpha value is 0. The van der Waals surface area contributed by atoms with Gasteiger partial charge in [0.05, 0.1) is 0 Å². The van der Waals surface area contributed by atoms with Gasteiger partial charge in [0.2, 0.25) is 0 Å². The molecule has 4 rings (SSSR count). The maximum absolute atomic E-state index is 2.75. The third kappa shape index (κ3) is 4.54. The van der Waals surface area contributed by atoms with Gasteiger partial charge in [-0.05, 0) is 109 Å². The van der Waals surface area contributed by atoms with Crippen molar-refractivity contribution in [2.45, 2.75) is 133 Å². The lowest BCUT2D eigenvalue weighted by Gasteiger charge is -2.65. The summed E-state index contributed by atoms with van der Waals surface area (Å²) < 4.78 is 0. The zero-order valence-corrected chi connectivity index (χ0v) is 23.0. The Morgan fingerprint density at radius 3 is 2.06 bits per heavy atom. The Balaban J connectivity index is 0.00000132. The van der Waals surface area contributed by atoms with E-state index in [4.69, 9.17) is 0 Å². The first-order valence-electron chi connectivity index (χ1n) is 14.7. The molecule has 31 heavy (non-hydrogen) atoms. The van der Waals surface area contributed by atoms with Crippen molar-refractivity contribution < 1.29 is 0 Å². The minimum absolute atomic E-state index is 0.653. The molecular formula is C31H58. The number of unbranched alkanes of at least 4 members (excludes halogenated alkanes) is 1. The molecule has 0 radical (unpaired) electrons. The molecule has 0 heterocycles. The van der Waals surface area contributed by atoms with Gasteiger partial charge in [-0.2, -0.15) is 0 Å². The van der Waals surface area contributed by atoms with E-state index >= 15 is 0 Å². The molecule has 10 atom stereocenters. The lowest BCUT2D eigenvalue weighted by atomic mass is 9.40. The average molecular weight is 431 g/mol. The maximum Gasteiger partial charge on any atom is -0.0264 e. The predicted molar refractivity (Wildman–Crippen MR) is 138 cm³/mol. The number of fused-ring (bicyclic) bond motifs is 5. The Kier molecular flexibility index (Phi) is 8.34. The van der Waals surface area contributed by atoms with Crippen LogP contribution in [0.15, 0.2) is 0 Å². The quantitative estimate of drug-likeness (QED) is 0.380. The van der Waals surface area contributed by atoms with Crippen molar-refractivity contribution in [1.29, 1.82) is 0 Å². The van der Waals surface area contributed by atoms with Gasteiger partial charge in [0.25, 0.3) is 0 Å². The third-order valence-corrected chi connectivity index (χ3v) is 11.7. The summed E-state index contributed by atoms with van der Waals surface area (Å²) in [6.07, 6.45) is 16.7. The van der Waals surface area contributed by atoms with E-state index < -0.39 is 0 Å². The Morgan fingerprint density at radius 2 is 1.39 bits per heavy atom. The predicted octanol–water partition coefficient (Wildman–Crippen LogP) is 10.0. The van der Waals surface area contributed by atoms with Crippen molar-refractivity contribution >= 4 is 0 Å². The van der Waals surface area contributed by atoms with Crippen LogP contribution in [0.2, 0.25) is 0 Å². The van der Waals surface area contributed by atoms with Crippen LogP contribution in [-0.2, 0) is 0 Å². The molecule has 0 aliphatic heterocycles. The number of rotatable bonds is 5. The molecule has 0 aromatic carbocycles. The standard InChI is InChI=1S/C29H52.C2H6/c1-19(2)10-8-9-11-23-12-13-24-27-22(5)21(4)26-18-20(3)14-16-29(26,7)25(27)15-17-28(23,24)6;1-2/h19-27H,8-18H2,1-7H3;1-2H3. The molecule has 0 bridgehead atoms. The minimum atomic E-state index is 0.653. The molecule has 4 aliphatic rings. The van der Waals surface area contributed by atoms with Crippen molar-refractivity contribution in [1.82, 2.24) is 0 Å². The lowest BCUT2D eigenvalue weighted by molar-refractivity contribution is -0.164. The van der Waals surface area contributed by atoms with Gasteiger partial charge in [-0.25, -0.2) is 0 Å². The molecule has 0 amide bonds. The minimum Gasteiger partial charge on any atom is -0.0683 e. The fraction of sp³-hybridized carbons (Fsp3) is 1.00. The molecule has 0 aromatic heterocycles. The zero-order valence-electron chi connectivity index (χ0n) is 23.0. The Bertz CT molecular complexity index is 562. The number of hydrogen-bond donors (Lipinski definition) is 0. The molecule has 0 N–H and O–H groups in total. The second-order valence-corrected chi connectivity index (χ2v) is 13.5. The van der Waals surface area contributed by atoms with Crippen molar-refractivity contribution in [3.63, 3.8) is 0 Å². The van der Waals surface area contributed by atoms with Gasteiger partial charge in [0, 0.05) is 0 Å². The van der Waals surface area contributed by atoms with Gasteiger partial charge in [0.15, 0.2) is 0 Å². The normalized spacial score (nSPS) is 49.0. The highest BCUT2D eigenvalue weighted by molar-refractivity contribution is 5.11. The monoisotopic (exact) mass is 430 g/mol. The van der Waals surface area contributed by atoms with Crippen LogP contribution in [0.25, 0.3) is 0 Å². The van der Waals surface area contributed by atoms with Crippen molar-refractivity contribution in [3.8, 4) is 0 Å². The first kappa shape index (κ1) is 25.6. The summed E-state index contributed by atoms with van der Waals surface area (Å²) >= 11 is 0. The van der Waals surface area contributed by atoms with Crippen molar-refractivity contribution in [2.75, 3.05) is 0 Å². The summed E-state index contributed by atoms with van der Waals surface area (Å²) in [7, 11) is 0. The molecule has 4 saturated carbocycles. The zero-order chi connectivity index (χ0) is 23.0. The van der Waals surface area contributed by atoms with Crippen LogP contribution in [0.3, 0.4) is 0 Å². The summed E-state index contributed by atoms with van der Waals surface area (Å²) in [5, 5.41) is 0.